The van der Waals surface area contributed by atoms with Gasteiger partial charge in [0.15, 0.2) is 11.5 Å². The minimum Gasteiger partial charge on any atom is -0.350 e. The van der Waals surface area contributed by atoms with Gasteiger partial charge in [0.1, 0.15) is 5.69 Å². The van der Waals surface area contributed by atoms with Crippen LogP contribution >= 0.6 is 0 Å². The van der Waals surface area contributed by atoms with E-state index >= 15 is 0 Å². The second-order valence-electron chi connectivity index (χ2n) is 7.22. The normalized spacial score (nSPS) is 12.4. The van der Waals surface area contributed by atoms with Gasteiger partial charge in [0.05, 0.1) is 16.6 Å². The van der Waals surface area contributed by atoms with Crippen LogP contribution in [0.4, 0.5) is 4.79 Å². The standard InChI is InChI=1S/C20H20N8O/c1-12(23-26-19(21)29)15-8-9-17-24-25-18(28(17)27-15)20(2,3)14-6-7-16-13(11-14)5-4-10-22-16/h4-11H,1-3H3,(H3,21,26,29)/b23-12+. The van der Waals surface area contributed by atoms with Crippen LogP contribution in [0.25, 0.3) is 16.6 Å². The van der Waals surface area contributed by atoms with Crippen LogP contribution in [0.5, 0.6) is 0 Å². The average molecular weight is 388 g/mol. The Morgan fingerprint density at radius 3 is 2.79 bits per heavy atom. The SMILES string of the molecule is C/C(=N\NC(N)=O)c1ccc2nnc(C(C)(C)c3ccc4ncccc4c3)n2n1. The number of primary amides is 1. The summed E-state index contributed by atoms with van der Waals surface area (Å²) < 4.78 is 1.70. The first-order chi connectivity index (χ1) is 13.9. The monoisotopic (exact) mass is 388 g/mol. The molecule has 0 atom stereocenters. The Hall–Kier alpha value is -3.88. The summed E-state index contributed by atoms with van der Waals surface area (Å²) in [6, 6.07) is 12.9. The lowest BCUT2D eigenvalue weighted by atomic mass is 9.83. The molecule has 9 heteroatoms. The van der Waals surface area contributed by atoms with Crippen molar-refractivity contribution < 1.29 is 4.79 Å². The molecule has 146 valence electrons. The van der Waals surface area contributed by atoms with Gasteiger partial charge in [0, 0.05) is 11.6 Å². The molecule has 0 spiro atoms. The van der Waals surface area contributed by atoms with Gasteiger partial charge in [-0.15, -0.1) is 10.2 Å². The first-order valence-electron chi connectivity index (χ1n) is 9.04. The predicted octanol–water partition coefficient (Wildman–Crippen LogP) is 2.39. The quantitative estimate of drug-likeness (QED) is 0.410. The molecule has 0 fully saturated rings. The molecule has 3 heterocycles. The first-order valence-corrected chi connectivity index (χ1v) is 9.04. The number of hydrogen-bond acceptors (Lipinski definition) is 6. The highest BCUT2D eigenvalue weighted by atomic mass is 16.2. The second kappa shape index (κ2) is 6.93. The number of aromatic nitrogens is 5. The van der Waals surface area contributed by atoms with Gasteiger partial charge in [-0.2, -0.15) is 14.7 Å². The fourth-order valence-corrected chi connectivity index (χ4v) is 3.16. The van der Waals surface area contributed by atoms with E-state index in [9.17, 15) is 4.79 Å². The molecule has 0 unspecified atom stereocenters. The number of hydrogen-bond donors (Lipinski definition) is 2. The fourth-order valence-electron chi connectivity index (χ4n) is 3.16. The summed E-state index contributed by atoms with van der Waals surface area (Å²) in [5.74, 6) is 0.688. The van der Waals surface area contributed by atoms with E-state index in [1.54, 1.807) is 23.7 Å². The topological polar surface area (TPSA) is 123 Å². The number of nitrogens with zero attached hydrogens (tertiary/aromatic N) is 6. The zero-order valence-corrected chi connectivity index (χ0v) is 16.3. The molecule has 0 aliphatic carbocycles. The summed E-state index contributed by atoms with van der Waals surface area (Å²) in [6.07, 6.45) is 1.78. The summed E-state index contributed by atoms with van der Waals surface area (Å²) >= 11 is 0. The molecule has 0 aliphatic rings. The number of carbonyl (C=O) groups excluding carboxylic acids is 1. The molecule has 4 rings (SSSR count). The van der Waals surface area contributed by atoms with E-state index in [1.165, 1.54) is 0 Å². The summed E-state index contributed by atoms with van der Waals surface area (Å²) in [7, 11) is 0. The van der Waals surface area contributed by atoms with Crippen LogP contribution in [0.1, 0.15) is 37.9 Å². The number of nitrogens with two attached hydrogens (primary N) is 1. The van der Waals surface area contributed by atoms with E-state index in [2.05, 4.69) is 50.7 Å². The molecule has 4 aromatic rings. The zero-order valence-electron chi connectivity index (χ0n) is 16.3. The fraction of sp³-hybridized carbons (Fsp3) is 0.200. The summed E-state index contributed by atoms with van der Waals surface area (Å²) in [4.78, 5) is 15.3. The number of pyridine rings is 1. The third-order valence-electron chi connectivity index (χ3n) is 4.85. The van der Waals surface area contributed by atoms with Crippen LogP contribution in [0.3, 0.4) is 0 Å². The van der Waals surface area contributed by atoms with E-state index in [-0.39, 0.29) is 0 Å². The number of urea groups is 1. The molecule has 29 heavy (non-hydrogen) atoms. The van der Waals surface area contributed by atoms with E-state index in [1.807, 2.05) is 30.3 Å². The molecule has 0 bridgehead atoms. The van der Waals surface area contributed by atoms with Crippen molar-refractivity contribution in [1.29, 1.82) is 0 Å². The number of benzene rings is 1. The van der Waals surface area contributed by atoms with Crippen molar-refractivity contribution in [1.82, 2.24) is 30.2 Å². The number of fused-ring (bicyclic) bond motifs is 2. The van der Waals surface area contributed by atoms with Crippen molar-refractivity contribution in [3.8, 4) is 0 Å². The minimum atomic E-state index is -0.734. The van der Waals surface area contributed by atoms with Crippen molar-refractivity contribution in [3.63, 3.8) is 0 Å². The molecule has 3 N–H and O–H groups in total. The second-order valence-corrected chi connectivity index (χ2v) is 7.22. The molecule has 1 aromatic carbocycles. The largest absolute Gasteiger partial charge is 0.350 e. The molecular weight excluding hydrogens is 368 g/mol. The number of amides is 2. The van der Waals surface area contributed by atoms with Crippen LogP contribution in [-0.2, 0) is 5.41 Å². The van der Waals surface area contributed by atoms with Crippen LogP contribution < -0.4 is 11.2 Å². The molecule has 2 amide bonds. The van der Waals surface area contributed by atoms with Crippen molar-refractivity contribution in [2.75, 3.05) is 0 Å². The molecule has 0 radical (unpaired) electrons. The van der Waals surface area contributed by atoms with Gasteiger partial charge in [-0.1, -0.05) is 12.1 Å². The van der Waals surface area contributed by atoms with Gasteiger partial charge >= 0.3 is 6.03 Å². The van der Waals surface area contributed by atoms with Crippen LogP contribution in [0.2, 0.25) is 0 Å². The Morgan fingerprint density at radius 1 is 1.17 bits per heavy atom. The lowest BCUT2D eigenvalue weighted by Crippen LogP contribution is -2.26. The Bertz CT molecular complexity index is 1260. The smallest absolute Gasteiger partial charge is 0.332 e. The third kappa shape index (κ3) is 3.38. The lowest BCUT2D eigenvalue weighted by molar-refractivity contribution is 0.249. The maximum Gasteiger partial charge on any atom is 0.332 e. The van der Waals surface area contributed by atoms with Gasteiger partial charge < -0.3 is 5.73 Å². The molecule has 0 aliphatic heterocycles. The van der Waals surface area contributed by atoms with E-state index in [0.29, 0.717) is 22.9 Å². The van der Waals surface area contributed by atoms with E-state index in [4.69, 9.17) is 5.73 Å². The number of nitrogens with one attached hydrogen (secondary N) is 1. The highest BCUT2D eigenvalue weighted by Crippen LogP contribution is 2.31. The van der Waals surface area contributed by atoms with Crippen molar-refractivity contribution in [2.45, 2.75) is 26.2 Å². The van der Waals surface area contributed by atoms with Gasteiger partial charge in [-0.25, -0.2) is 10.2 Å². The molecular formula is C20H20N8O. The minimum absolute atomic E-state index is 0.467. The highest BCUT2D eigenvalue weighted by molar-refractivity contribution is 5.97. The number of rotatable bonds is 4. The predicted molar refractivity (Wildman–Crippen MR) is 110 cm³/mol. The van der Waals surface area contributed by atoms with Crippen LogP contribution in [0, 0.1) is 0 Å². The van der Waals surface area contributed by atoms with E-state index in [0.717, 1.165) is 16.5 Å². The number of hydrazone groups is 1. The van der Waals surface area contributed by atoms with Gasteiger partial charge in [0.2, 0.25) is 0 Å². The summed E-state index contributed by atoms with van der Waals surface area (Å²) in [5.41, 5.74) is 10.5. The Balaban J connectivity index is 1.80. The summed E-state index contributed by atoms with van der Waals surface area (Å²) in [6.45, 7) is 5.88. The Kier molecular flexibility index (Phi) is 4.42. The van der Waals surface area contributed by atoms with Gasteiger partial charge in [-0.3, -0.25) is 4.98 Å². The number of carbonyl (C=O) groups is 1. The molecule has 3 aromatic heterocycles. The van der Waals surface area contributed by atoms with E-state index < -0.39 is 11.4 Å². The van der Waals surface area contributed by atoms with Crippen molar-refractivity contribution in [2.24, 2.45) is 10.8 Å². The zero-order chi connectivity index (χ0) is 20.6. The first kappa shape index (κ1) is 18.5. The van der Waals surface area contributed by atoms with Crippen molar-refractivity contribution in [3.05, 3.63) is 65.7 Å². The molecule has 0 saturated heterocycles. The van der Waals surface area contributed by atoms with Crippen LogP contribution in [-0.4, -0.2) is 36.5 Å². The lowest BCUT2D eigenvalue weighted by Gasteiger charge is -2.23. The van der Waals surface area contributed by atoms with Gasteiger partial charge in [0.25, 0.3) is 0 Å². The Morgan fingerprint density at radius 2 is 2.00 bits per heavy atom. The van der Waals surface area contributed by atoms with Crippen molar-refractivity contribution >= 4 is 28.3 Å². The van der Waals surface area contributed by atoms with Gasteiger partial charge in [-0.05, 0) is 56.7 Å². The maximum absolute atomic E-state index is 10.9. The van der Waals surface area contributed by atoms with Crippen LogP contribution in [0.15, 0.2) is 53.8 Å². The highest BCUT2D eigenvalue weighted by Gasteiger charge is 2.30. The summed E-state index contributed by atoms with van der Waals surface area (Å²) in [5, 5.41) is 18.3. The average Bonchev–Trinajstić information content (AvgIpc) is 3.15. The maximum atomic E-state index is 10.9. The molecule has 9 nitrogen and oxygen atoms in total. The third-order valence-corrected chi connectivity index (χ3v) is 4.85. The molecule has 0 saturated carbocycles. The Labute approximate surface area is 166 Å².